The Bertz CT molecular complexity index is 495. The van der Waals surface area contributed by atoms with Gasteiger partial charge in [0.05, 0.1) is 24.0 Å². The standard InChI is InChI=1S/C16H27N3O3/c1-5-21-13(20)15(4)6-8-19(9-7-15)12-10-16(22-18-12)11-17-14(16,2)3/h17H,5-11H2,1-4H3. The van der Waals surface area contributed by atoms with Crippen molar-refractivity contribution in [2.24, 2.45) is 10.6 Å². The van der Waals surface area contributed by atoms with E-state index in [-0.39, 0.29) is 22.5 Å². The molecule has 124 valence electrons. The van der Waals surface area contributed by atoms with Gasteiger partial charge in [-0.25, -0.2) is 0 Å². The minimum Gasteiger partial charge on any atom is -0.466 e. The van der Waals surface area contributed by atoms with Gasteiger partial charge in [-0.2, -0.15) is 0 Å². The number of rotatable bonds is 2. The number of nitrogens with one attached hydrogen (secondary N) is 1. The highest BCUT2D eigenvalue weighted by molar-refractivity contribution is 5.85. The maximum Gasteiger partial charge on any atom is 0.311 e. The Hall–Kier alpha value is -1.30. The van der Waals surface area contributed by atoms with Crippen molar-refractivity contribution in [3.8, 4) is 0 Å². The highest BCUT2D eigenvalue weighted by Gasteiger charge is 2.59. The molecule has 22 heavy (non-hydrogen) atoms. The first-order chi connectivity index (χ1) is 10.3. The van der Waals surface area contributed by atoms with Gasteiger partial charge in [-0.05, 0) is 40.5 Å². The van der Waals surface area contributed by atoms with Crippen LogP contribution in [0.4, 0.5) is 0 Å². The lowest BCUT2D eigenvalue weighted by molar-refractivity contribution is -0.156. The molecule has 2 saturated heterocycles. The monoisotopic (exact) mass is 309 g/mol. The Morgan fingerprint density at radius 3 is 2.50 bits per heavy atom. The van der Waals surface area contributed by atoms with E-state index in [0.717, 1.165) is 44.7 Å². The number of ether oxygens (including phenoxy) is 1. The normalized spacial score (nSPS) is 32.2. The van der Waals surface area contributed by atoms with Crippen molar-refractivity contribution < 1.29 is 14.4 Å². The molecule has 3 aliphatic heterocycles. The molecule has 1 N–H and O–H groups in total. The topological polar surface area (TPSA) is 63.2 Å². The van der Waals surface area contributed by atoms with Crippen LogP contribution in [0, 0.1) is 5.41 Å². The lowest BCUT2D eigenvalue weighted by Crippen LogP contribution is -2.75. The first-order valence-electron chi connectivity index (χ1n) is 8.24. The predicted molar refractivity (Wildman–Crippen MR) is 83.5 cm³/mol. The van der Waals surface area contributed by atoms with E-state index in [0.29, 0.717) is 6.61 Å². The van der Waals surface area contributed by atoms with Gasteiger partial charge in [0.25, 0.3) is 0 Å². The van der Waals surface area contributed by atoms with Crippen molar-refractivity contribution in [1.29, 1.82) is 0 Å². The third kappa shape index (κ3) is 2.28. The molecule has 0 radical (unpaired) electrons. The molecule has 0 bridgehead atoms. The summed E-state index contributed by atoms with van der Waals surface area (Å²) in [6.07, 6.45) is 2.46. The van der Waals surface area contributed by atoms with Gasteiger partial charge in [0, 0.05) is 19.6 Å². The lowest BCUT2D eigenvalue weighted by atomic mass is 9.72. The first kappa shape index (κ1) is 15.6. The maximum absolute atomic E-state index is 12.1. The van der Waals surface area contributed by atoms with Crippen molar-refractivity contribution in [1.82, 2.24) is 10.2 Å². The highest BCUT2D eigenvalue weighted by atomic mass is 16.7. The maximum atomic E-state index is 12.1. The van der Waals surface area contributed by atoms with Gasteiger partial charge in [-0.1, -0.05) is 5.16 Å². The third-order valence-electron chi connectivity index (χ3n) is 5.72. The summed E-state index contributed by atoms with van der Waals surface area (Å²) in [5.74, 6) is 0.959. The van der Waals surface area contributed by atoms with E-state index in [4.69, 9.17) is 9.57 Å². The SMILES string of the molecule is CCOC(=O)C1(C)CCN(C2=NOC3(CNC3(C)C)C2)CC1. The molecule has 2 fully saturated rings. The zero-order valence-electron chi connectivity index (χ0n) is 14.1. The summed E-state index contributed by atoms with van der Waals surface area (Å²) in [5.41, 5.74) is -0.584. The molecule has 3 heterocycles. The van der Waals surface area contributed by atoms with Gasteiger partial charge in [0.2, 0.25) is 0 Å². The zero-order valence-corrected chi connectivity index (χ0v) is 14.1. The van der Waals surface area contributed by atoms with Crippen LogP contribution >= 0.6 is 0 Å². The summed E-state index contributed by atoms with van der Waals surface area (Å²) < 4.78 is 5.21. The van der Waals surface area contributed by atoms with E-state index >= 15 is 0 Å². The number of oxime groups is 1. The van der Waals surface area contributed by atoms with Gasteiger partial charge in [-0.15, -0.1) is 0 Å². The van der Waals surface area contributed by atoms with Crippen molar-refractivity contribution in [2.45, 2.75) is 58.1 Å². The van der Waals surface area contributed by atoms with E-state index in [1.165, 1.54) is 0 Å². The number of hydrogen-bond donors (Lipinski definition) is 1. The molecule has 0 amide bonds. The summed E-state index contributed by atoms with van der Waals surface area (Å²) in [4.78, 5) is 20.1. The smallest absolute Gasteiger partial charge is 0.311 e. The molecule has 1 atom stereocenters. The molecule has 6 nitrogen and oxygen atoms in total. The molecule has 0 aliphatic carbocycles. The quantitative estimate of drug-likeness (QED) is 0.783. The van der Waals surface area contributed by atoms with E-state index in [2.05, 4.69) is 29.2 Å². The van der Waals surface area contributed by atoms with Crippen LogP contribution in [0.15, 0.2) is 5.16 Å². The first-order valence-corrected chi connectivity index (χ1v) is 8.24. The fourth-order valence-corrected chi connectivity index (χ4v) is 3.47. The minimum atomic E-state index is -0.360. The Balaban J connectivity index is 1.58. The van der Waals surface area contributed by atoms with Crippen molar-refractivity contribution >= 4 is 11.8 Å². The molecular weight excluding hydrogens is 282 g/mol. The van der Waals surface area contributed by atoms with Crippen LogP contribution in [0.2, 0.25) is 0 Å². The Morgan fingerprint density at radius 2 is 2.05 bits per heavy atom. The summed E-state index contributed by atoms with van der Waals surface area (Å²) in [5, 5.41) is 7.75. The number of nitrogens with zero attached hydrogens (tertiary/aromatic N) is 2. The average Bonchev–Trinajstić information content (AvgIpc) is 2.95. The van der Waals surface area contributed by atoms with E-state index < -0.39 is 0 Å². The van der Waals surface area contributed by atoms with Crippen molar-refractivity contribution in [2.75, 3.05) is 26.2 Å². The predicted octanol–water partition coefficient (Wildman–Crippen LogP) is 1.51. The molecular formula is C16H27N3O3. The highest BCUT2D eigenvalue weighted by Crippen LogP contribution is 2.42. The number of piperidine rings is 1. The Morgan fingerprint density at radius 1 is 1.36 bits per heavy atom. The summed E-state index contributed by atoms with van der Waals surface area (Å²) >= 11 is 0. The fourth-order valence-electron chi connectivity index (χ4n) is 3.47. The van der Waals surface area contributed by atoms with Gasteiger partial charge in [0.15, 0.2) is 5.60 Å². The van der Waals surface area contributed by atoms with E-state index in [1.807, 2.05) is 13.8 Å². The zero-order chi connectivity index (χ0) is 16.0. The largest absolute Gasteiger partial charge is 0.466 e. The Kier molecular flexibility index (Phi) is 3.62. The van der Waals surface area contributed by atoms with Crippen molar-refractivity contribution in [3.05, 3.63) is 0 Å². The summed E-state index contributed by atoms with van der Waals surface area (Å²) in [6.45, 7) is 11.1. The second kappa shape index (κ2) is 5.11. The van der Waals surface area contributed by atoms with Gasteiger partial charge in [0.1, 0.15) is 5.84 Å². The number of amidine groups is 1. The Labute approximate surface area is 132 Å². The van der Waals surface area contributed by atoms with Gasteiger partial charge in [-0.3, -0.25) is 4.79 Å². The summed E-state index contributed by atoms with van der Waals surface area (Å²) in [7, 11) is 0. The lowest BCUT2D eigenvalue weighted by Gasteiger charge is -2.52. The number of likely N-dealkylation sites (tertiary alicyclic amines) is 1. The van der Waals surface area contributed by atoms with E-state index in [9.17, 15) is 4.79 Å². The van der Waals surface area contributed by atoms with Crippen LogP contribution in [0.3, 0.4) is 0 Å². The van der Waals surface area contributed by atoms with Crippen LogP contribution < -0.4 is 5.32 Å². The second-order valence-electron chi connectivity index (χ2n) is 7.52. The van der Waals surface area contributed by atoms with Crippen LogP contribution in [0.1, 0.15) is 47.0 Å². The van der Waals surface area contributed by atoms with Crippen molar-refractivity contribution in [3.63, 3.8) is 0 Å². The molecule has 3 rings (SSSR count). The fraction of sp³-hybridized carbons (Fsp3) is 0.875. The van der Waals surface area contributed by atoms with Gasteiger partial charge < -0.3 is 19.8 Å². The molecule has 1 spiro atoms. The van der Waals surface area contributed by atoms with Crippen LogP contribution in [0.25, 0.3) is 0 Å². The third-order valence-corrected chi connectivity index (χ3v) is 5.72. The molecule has 6 heteroatoms. The van der Waals surface area contributed by atoms with Crippen LogP contribution in [-0.4, -0.2) is 54.1 Å². The van der Waals surface area contributed by atoms with Gasteiger partial charge >= 0.3 is 5.97 Å². The molecule has 3 aliphatic rings. The molecule has 0 aromatic heterocycles. The molecule has 0 saturated carbocycles. The number of carbonyl (C=O) groups is 1. The summed E-state index contributed by atoms with van der Waals surface area (Å²) in [6, 6.07) is 0. The molecule has 0 aromatic carbocycles. The average molecular weight is 309 g/mol. The minimum absolute atomic E-state index is 0.0342. The second-order valence-corrected chi connectivity index (χ2v) is 7.52. The molecule has 0 aromatic rings. The number of hydrogen-bond acceptors (Lipinski definition) is 6. The molecule has 1 unspecified atom stereocenters. The van der Waals surface area contributed by atoms with Crippen LogP contribution in [0.5, 0.6) is 0 Å². The number of carbonyl (C=O) groups excluding carboxylic acids is 1. The van der Waals surface area contributed by atoms with Crippen LogP contribution in [-0.2, 0) is 14.4 Å². The van der Waals surface area contributed by atoms with E-state index in [1.54, 1.807) is 0 Å². The number of esters is 1.